The molecule has 4 nitrogen and oxygen atoms in total. The van der Waals surface area contributed by atoms with Gasteiger partial charge in [-0.05, 0) is 43.7 Å². The van der Waals surface area contributed by atoms with E-state index in [1.807, 2.05) is 4.57 Å². The standard InChI is InChI=1S/C17H14F2N2O2/c1-10-7-16-13(11(2)17(10)21(22)23)5-6-20(16)9-12-3-4-14(18)15(19)8-12/h3-8H,9H2,1-2H3. The van der Waals surface area contributed by atoms with Gasteiger partial charge in [0.05, 0.1) is 4.92 Å². The lowest BCUT2D eigenvalue weighted by Crippen LogP contribution is -2.01. The molecule has 23 heavy (non-hydrogen) atoms. The van der Waals surface area contributed by atoms with Crippen molar-refractivity contribution in [2.24, 2.45) is 0 Å². The van der Waals surface area contributed by atoms with E-state index in [2.05, 4.69) is 0 Å². The quantitative estimate of drug-likeness (QED) is 0.528. The topological polar surface area (TPSA) is 48.1 Å². The smallest absolute Gasteiger partial charge is 0.275 e. The van der Waals surface area contributed by atoms with Gasteiger partial charge in [0.15, 0.2) is 11.6 Å². The Balaban J connectivity index is 2.09. The molecule has 0 aliphatic carbocycles. The van der Waals surface area contributed by atoms with Crippen molar-refractivity contribution in [2.75, 3.05) is 0 Å². The molecule has 0 spiro atoms. The average molecular weight is 316 g/mol. The number of rotatable bonds is 3. The van der Waals surface area contributed by atoms with Gasteiger partial charge in [-0.1, -0.05) is 6.07 Å². The van der Waals surface area contributed by atoms with Crippen molar-refractivity contribution in [3.8, 4) is 0 Å². The maximum atomic E-state index is 13.3. The number of aromatic nitrogens is 1. The molecule has 1 heterocycles. The molecule has 0 saturated heterocycles. The third-order valence-corrected chi connectivity index (χ3v) is 4.01. The molecule has 0 amide bonds. The Hall–Kier alpha value is -2.76. The summed E-state index contributed by atoms with van der Waals surface area (Å²) >= 11 is 0. The van der Waals surface area contributed by atoms with Gasteiger partial charge in [-0.3, -0.25) is 10.1 Å². The highest BCUT2D eigenvalue weighted by Gasteiger charge is 2.19. The molecule has 6 heteroatoms. The molecule has 0 N–H and O–H groups in total. The highest BCUT2D eigenvalue weighted by molar-refractivity contribution is 5.88. The van der Waals surface area contributed by atoms with Crippen LogP contribution >= 0.6 is 0 Å². The molecule has 0 aliphatic heterocycles. The summed E-state index contributed by atoms with van der Waals surface area (Å²) in [5, 5.41) is 12.0. The number of fused-ring (bicyclic) bond motifs is 1. The SMILES string of the molecule is Cc1cc2c(ccn2Cc2ccc(F)c(F)c2)c(C)c1[N+](=O)[O-]. The van der Waals surface area contributed by atoms with Crippen molar-refractivity contribution in [1.82, 2.24) is 4.57 Å². The second-order valence-electron chi connectivity index (χ2n) is 5.55. The molecule has 3 aromatic rings. The van der Waals surface area contributed by atoms with Crippen LogP contribution in [-0.2, 0) is 6.54 Å². The van der Waals surface area contributed by atoms with Crippen molar-refractivity contribution < 1.29 is 13.7 Å². The number of benzene rings is 2. The van der Waals surface area contributed by atoms with E-state index in [0.717, 1.165) is 23.0 Å². The first-order valence-corrected chi connectivity index (χ1v) is 7.06. The minimum absolute atomic E-state index is 0.114. The summed E-state index contributed by atoms with van der Waals surface area (Å²) in [4.78, 5) is 10.8. The number of hydrogen-bond acceptors (Lipinski definition) is 2. The van der Waals surface area contributed by atoms with Gasteiger partial charge in [0.25, 0.3) is 5.69 Å². The Morgan fingerprint density at radius 3 is 2.52 bits per heavy atom. The second kappa shape index (κ2) is 5.46. The summed E-state index contributed by atoms with van der Waals surface area (Å²) in [5.41, 5.74) is 2.74. The first-order chi connectivity index (χ1) is 10.9. The zero-order valence-electron chi connectivity index (χ0n) is 12.6. The lowest BCUT2D eigenvalue weighted by atomic mass is 10.0. The van der Waals surface area contributed by atoms with E-state index in [4.69, 9.17) is 0 Å². The van der Waals surface area contributed by atoms with Crippen LogP contribution in [0.1, 0.15) is 16.7 Å². The van der Waals surface area contributed by atoms with Gasteiger partial charge in [0.1, 0.15) is 0 Å². The predicted molar refractivity (Wildman–Crippen MR) is 83.5 cm³/mol. The maximum absolute atomic E-state index is 13.3. The molecule has 3 rings (SSSR count). The molecular formula is C17H14F2N2O2. The number of nitro groups is 1. The van der Waals surface area contributed by atoms with E-state index in [1.165, 1.54) is 6.07 Å². The van der Waals surface area contributed by atoms with Crippen LogP contribution in [-0.4, -0.2) is 9.49 Å². The Bertz CT molecular complexity index is 932. The van der Waals surface area contributed by atoms with Crippen molar-refractivity contribution in [2.45, 2.75) is 20.4 Å². The van der Waals surface area contributed by atoms with E-state index in [9.17, 15) is 18.9 Å². The molecule has 0 saturated carbocycles. The van der Waals surface area contributed by atoms with Crippen LogP contribution in [0.5, 0.6) is 0 Å². The first-order valence-electron chi connectivity index (χ1n) is 7.06. The fourth-order valence-electron chi connectivity index (χ4n) is 2.91. The monoisotopic (exact) mass is 316 g/mol. The van der Waals surface area contributed by atoms with Crippen molar-refractivity contribution >= 4 is 16.6 Å². The summed E-state index contributed by atoms with van der Waals surface area (Å²) < 4.78 is 28.2. The van der Waals surface area contributed by atoms with Gasteiger partial charge in [0, 0.05) is 34.8 Å². The average Bonchev–Trinajstić information content (AvgIpc) is 2.86. The number of nitrogens with zero attached hydrogens (tertiary/aromatic N) is 2. The molecule has 0 atom stereocenters. The summed E-state index contributed by atoms with van der Waals surface area (Å²) in [6, 6.07) is 7.33. The fourth-order valence-corrected chi connectivity index (χ4v) is 2.91. The molecule has 118 valence electrons. The van der Waals surface area contributed by atoms with Gasteiger partial charge in [-0.15, -0.1) is 0 Å². The van der Waals surface area contributed by atoms with Crippen molar-refractivity contribution in [3.05, 3.63) is 75.0 Å². The van der Waals surface area contributed by atoms with Crippen LogP contribution in [0.25, 0.3) is 10.9 Å². The number of aryl methyl sites for hydroxylation is 2. The van der Waals surface area contributed by atoms with E-state index < -0.39 is 11.6 Å². The molecule has 0 radical (unpaired) electrons. The van der Waals surface area contributed by atoms with Crippen LogP contribution in [0.2, 0.25) is 0 Å². The molecule has 1 aromatic heterocycles. The largest absolute Gasteiger partial charge is 0.343 e. The van der Waals surface area contributed by atoms with Crippen LogP contribution in [0.4, 0.5) is 14.5 Å². The lowest BCUT2D eigenvalue weighted by molar-refractivity contribution is -0.385. The van der Waals surface area contributed by atoms with Crippen LogP contribution in [0.15, 0.2) is 36.5 Å². The summed E-state index contributed by atoms with van der Waals surface area (Å²) in [6.07, 6.45) is 1.79. The minimum Gasteiger partial charge on any atom is -0.343 e. The molecular weight excluding hydrogens is 302 g/mol. The van der Waals surface area contributed by atoms with Crippen LogP contribution in [0, 0.1) is 35.6 Å². The van der Waals surface area contributed by atoms with E-state index in [0.29, 0.717) is 23.2 Å². The molecule has 2 aromatic carbocycles. The minimum atomic E-state index is -0.887. The summed E-state index contributed by atoms with van der Waals surface area (Å²) in [5.74, 6) is -1.77. The van der Waals surface area contributed by atoms with Crippen molar-refractivity contribution in [1.29, 1.82) is 0 Å². The number of hydrogen-bond donors (Lipinski definition) is 0. The fraction of sp³-hybridized carbons (Fsp3) is 0.176. The second-order valence-corrected chi connectivity index (χ2v) is 5.55. The zero-order chi connectivity index (χ0) is 16.7. The number of nitro benzene ring substituents is 1. The molecule has 0 unspecified atom stereocenters. The van der Waals surface area contributed by atoms with E-state index in [-0.39, 0.29) is 10.6 Å². The van der Waals surface area contributed by atoms with Gasteiger partial charge < -0.3 is 4.57 Å². The first kappa shape index (κ1) is 15.1. The van der Waals surface area contributed by atoms with Gasteiger partial charge in [-0.2, -0.15) is 0 Å². The van der Waals surface area contributed by atoms with Crippen LogP contribution < -0.4 is 0 Å². The van der Waals surface area contributed by atoms with Gasteiger partial charge >= 0.3 is 0 Å². The van der Waals surface area contributed by atoms with E-state index >= 15 is 0 Å². The highest BCUT2D eigenvalue weighted by Crippen LogP contribution is 2.31. The summed E-state index contributed by atoms with van der Waals surface area (Å²) in [7, 11) is 0. The Labute approximate surface area is 131 Å². The molecule has 0 aliphatic rings. The Kier molecular flexibility index (Phi) is 3.60. The predicted octanol–water partition coefficient (Wildman–Crippen LogP) is 4.49. The Morgan fingerprint density at radius 2 is 1.87 bits per heavy atom. The maximum Gasteiger partial charge on any atom is 0.275 e. The van der Waals surface area contributed by atoms with Crippen LogP contribution in [0.3, 0.4) is 0 Å². The zero-order valence-corrected chi connectivity index (χ0v) is 12.6. The van der Waals surface area contributed by atoms with Crippen molar-refractivity contribution in [3.63, 3.8) is 0 Å². The van der Waals surface area contributed by atoms with Gasteiger partial charge in [0.2, 0.25) is 0 Å². The Morgan fingerprint density at radius 1 is 1.13 bits per heavy atom. The van der Waals surface area contributed by atoms with E-state index in [1.54, 1.807) is 32.2 Å². The highest BCUT2D eigenvalue weighted by atomic mass is 19.2. The normalized spacial score (nSPS) is 11.1. The summed E-state index contributed by atoms with van der Waals surface area (Å²) in [6.45, 7) is 3.77. The lowest BCUT2D eigenvalue weighted by Gasteiger charge is -2.09. The third kappa shape index (κ3) is 2.56. The third-order valence-electron chi connectivity index (χ3n) is 4.01. The molecule has 0 fully saturated rings. The van der Waals surface area contributed by atoms with Gasteiger partial charge in [-0.25, -0.2) is 8.78 Å². The molecule has 0 bridgehead atoms. The number of halogens is 2.